The van der Waals surface area contributed by atoms with Crippen molar-refractivity contribution in [3.05, 3.63) is 12.7 Å². The maximum atomic E-state index is 11.5. The van der Waals surface area contributed by atoms with Crippen LogP contribution in [0.25, 0.3) is 0 Å². The van der Waals surface area contributed by atoms with Crippen molar-refractivity contribution in [1.29, 1.82) is 0 Å². The Morgan fingerprint density at radius 3 is 1.67 bits per heavy atom. The molecule has 2 atom stereocenters. The van der Waals surface area contributed by atoms with Crippen LogP contribution in [0.3, 0.4) is 0 Å². The highest BCUT2D eigenvalue weighted by Crippen LogP contribution is 2.15. The molecular weight excluding hydrogens is 276 g/mol. The van der Waals surface area contributed by atoms with Gasteiger partial charge in [0, 0.05) is 12.1 Å². The maximum Gasteiger partial charge on any atom is 0.240 e. The fraction of sp³-hybridized carbons (Fsp3) is 0.538. The summed E-state index contributed by atoms with van der Waals surface area (Å²) in [6.07, 6.45) is 1.63. The lowest BCUT2D eigenvalue weighted by Gasteiger charge is -2.40. The summed E-state index contributed by atoms with van der Waals surface area (Å²) >= 11 is 0. The molecule has 0 aliphatic carbocycles. The number of nitrogens with zero attached hydrogens (tertiary/aromatic N) is 2. The highest BCUT2D eigenvalue weighted by Gasteiger charge is 2.35. The second kappa shape index (κ2) is 6.15. The van der Waals surface area contributed by atoms with Gasteiger partial charge in [0.05, 0.1) is 26.2 Å². The molecule has 0 spiro atoms. The maximum absolute atomic E-state index is 11.5. The Labute approximate surface area is 122 Å². The predicted octanol–water partition coefficient (Wildman–Crippen LogP) is -2.15. The Balaban J connectivity index is 2.10. The first-order chi connectivity index (χ1) is 9.90. The van der Waals surface area contributed by atoms with E-state index in [0.29, 0.717) is 0 Å². The molecule has 21 heavy (non-hydrogen) atoms. The lowest BCUT2D eigenvalue weighted by molar-refractivity contribution is -0.141. The molecule has 0 unspecified atom stereocenters. The van der Waals surface area contributed by atoms with Crippen LogP contribution in [-0.2, 0) is 19.2 Å². The molecule has 0 aromatic rings. The molecule has 0 aromatic carbocycles. The molecule has 0 radical (unpaired) electrons. The lowest BCUT2D eigenvalue weighted by Crippen LogP contribution is -2.62. The Morgan fingerprint density at radius 1 is 0.905 bits per heavy atom. The van der Waals surface area contributed by atoms with E-state index in [9.17, 15) is 19.2 Å². The summed E-state index contributed by atoms with van der Waals surface area (Å²) in [6.45, 7) is 5.96. The third kappa shape index (κ3) is 3.53. The quantitative estimate of drug-likeness (QED) is 0.453. The number of nitrogens with one attached hydrogen (secondary N) is 2. The molecule has 2 aliphatic heterocycles. The molecule has 2 heterocycles. The highest BCUT2D eigenvalue weighted by atomic mass is 16.2. The summed E-state index contributed by atoms with van der Waals surface area (Å²) in [5.41, 5.74) is 0. The van der Waals surface area contributed by atoms with Gasteiger partial charge in [-0.1, -0.05) is 6.08 Å². The van der Waals surface area contributed by atoms with Crippen molar-refractivity contribution < 1.29 is 19.2 Å². The van der Waals surface area contributed by atoms with Gasteiger partial charge < -0.3 is 0 Å². The fourth-order valence-electron chi connectivity index (χ4n) is 2.68. The van der Waals surface area contributed by atoms with Gasteiger partial charge in [-0.2, -0.15) is 0 Å². The van der Waals surface area contributed by atoms with Crippen molar-refractivity contribution in [3.8, 4) is 0 Å². The number of hydrogen-bond donors (Lipinski definition) is 2. The zero-order chi connectivity index (χ0) is 15.6. The molecule has 8 nitrogen and oxygen atoms in total. The molecule has 2 saturated heterocycles. The predicted molar refractivity (Wildman–Crippen MR) is 72.9 cm³/mol. The molecule has 0 bridgehead atoms. The molecule has 2 fully saturated rings. The molecule has 0 aromatic heterocycles. The number of carbonyl (C=O) groups is 4. The van der Waals surface area contributed by atoms with E-state index < -0.39 is 0 Å². The first kappa shape index (κ1) is 15.3. The SMILES string of the molecule is C=C[C@H]([C@H](C)N1CC(=O)NC(=O)C1)N1CC(=O)NC(=O)C1. The minimum atomic E-state index is -0.363. The van der Waals surface area contributed by atoms with Crippen LogP contribution in [-0.4, -0.2) is 71.7 Å². The third-order valence-electron chi connectivity index (χ3n) is 3.68. The van der Waals surface area contributed by atoms with Crippen LogP contribution in [0.15, 0.2) is 12.7 Å². The van der Waals surface area contributed by atoms with Gasteiger partial charge in [0.25, 0.3) is 0 Å². The van der Waals surface area contributed by atoms with E-state index in [4.69, 9.17) is 0 Å². The first-order valence-corrected chi connectivity index (χ1v) is 6.66. The monoisotopic (exact) mass is 294 g/mol. The molecule has 2 rings (SSSR count). The van der Waals surface area contributed by atoms with Crippen molar-refractivity contribution in [1.82, 2.24) is 20.4 Å². The summed E-state index contributed by atoms with van der Waals surface area (Å²) < 4.78 is 0. The van der Waals surface area contributed by atoms with E-state index in [1.807, 2.05) is 6.92 Å². The normalized spacial score (nSPS) is 24.2. The average Bonchev–Trinajstić information content (AvgIpc) is 2.37. The number of piperazine rings is 2. The largest absolute Gasteiger partial charge is 0.294 e. The minimum absolute atomic E-state index is 0.0841. The Morgan fingerprint density at radius 2 is 1.29 bits per heavy atom. The van der Waals surface area contributed by atoms with Crippen molar-refractivity contribution in [2.75, 3.05) is 26.2 Å². The van der Waals surface area contributed by atoms with Gasteiger partial charge in [-0.05, 0) is 6.92 Å². The molecule has 4 amide bonds. The van der Waals surface area contributed by atoms with Crippen LogP contribution in [0.4, 0.5) is 0 Å². The number of imide groups is 2. The van der Waals surface area contributed by atoms with E-state index in [1.54, 1.807) is 15.9 Å². The first-order valence-electron chi connectivity index (χ1n) is 6.66. The van der Waals surface area contributed by atoms with Gasteiger partial charge in [-0.3, -0.25) is 39.6 Å². The van der Waals surface area contributed by atoms with Crippen LogP contribution < -0.4 is 10.6 Å². The van der Waals surface area contributed by atoms with E-state index in [2.05, 4.69) is 17.2 Å². The number of carbonyl (C=O) groups excluding carboxylic acids is 4. The zero-order valence-electron chi connectivity index (χ0n) is 11.8. The number of rotatable bonds is 4. The molecule has 2 N–H and O–H groups in total. The minimum Gasteiger partial charge on any atom is -0.294 e. The highest BCUT2D eigenvalue weighted by molar-refractivity contribution is 6.00. The smallest absolute Gasteiger partial charge is 0.240 e. The van der Waals surface area contributed by atoms with E-state index in [-0.39, 0.29) is 61.9 Å². The van der Waals surface area contributed by atoms with Crippen LogP contribution in [0, 0.1) is 0 Å². The van der Waals surface area contributed by atoms with Gasteiger partial charge >= 0.3 is 0 Å². The standard InChI is InChI=1S/C13H18N4O4/c1-3-9(17-6-12(20)15-13(21)7-17)8(2)16-4-10(18)14-11(19)5-16/h3,8-9H,1,4-7H2,2H3,(H,14,18,19)(H,15,20,21)/t8-,9+/m0/s1. The van der Waals surface area contributed by atoms with Crippen molar-refractivity contribution in [2.24, 2.45) is 0 Å². The lowest BCUT2D eigenvalue weighted by atomic mass is 10.0. The summed E-state index contributed by atoms with van der Waals surface area (Å²) in [5, 5.41) is 4.47. The Hall–Kier alpha value is -2.06. The van der Waals surface area contributed by atoms with Gasteiger partial charge in [-0.25, -0.2) is 0 Å². The molecular formula is C13H18N4O4. The fourth-order valence-corrected chi connectivity index (χ4v) is 2.68. The van der Waals surface area contributed by atoms with Gasteiger partial charge in [0.2, 0.25) is 23.6 Å². The van der Waals surface area contributed by atoms with E-state index in [1.165, 1.54) is 0 Å². The van der Waals surface area contributed by atoms with Crippen LogP contribution in [0.5, 0.6) is 0 Å². The number of amides is 4. The zero-order valence-corrected chi connectivity index (χ0v) is 11.8. The summed E-state index contributed by atoms with van der Waals surface area (Å²) in [4.78, 5) is 49.2. The van der Waals surface area contributed by atoms with Crippen LogP contribution in [0.2, 0.25) is 0 Å². The van der Waals surface area contributed by atoms with Crippen LogP contribution in [0.1, 0.15) is 6.92 Å². The van der Waals surface area contributed by atoms with Crippen molar-refractivity contribution in [2.45, 2.75) is 19.0 Å². The number of hydrogen-bond acceptors (Lipinski definition) is 6. The summed E-state index contributed by atoms with van der Waals surface area (Å²) in [7, 11) is 0. The van der Waals surface area contributed by atoms with Gasteiger partial charge in [-0.15, -0.1) is 6.58 Å². The van der Waals surface area contributed by atoms with Crippen LogP contribution >= 0.6 is 0 Å². The summed E-state index contributed by atoms with van der Waals surface area (Å²) in [5.74, 6) is -1.43. The van der Waals surface area contributed by atoms with Crippen molar-refractivity contribution >= 4 is 23.6 Å². The second-order valence-electron chi connectivity index (χ2n) is 5.22. The Bertz CT molecular complexity index is 472. The summed E-state index contributed by atoms with van der Waals surface area (Å²) in [6, 6.07) is -0.533. The van der Waals surface area contributed by atoms with Crippen molar-refractivity contribution in [3.63, 3.8) is 0 Å². The van der Waals surface area contributed by atoms with E-state index in [0.717, 1.165) is 0 Å². The molecule has 114 valence electrons. The van der Waals surface area contributed by atoms with E-state index >= 15 is 0 Å². The molecule has 8 heteroatoms. The van der Waals surface area contributed by atoms with Gasteiger partial charge in [0.1, 0.15) is 0 Å². The molecule has 0 saturated carbocycles. The molecule has 2 aliphatic rings. The van der Waals surface area contributed by atoms with Gasteiger partial charge in [0.15, 0.2) is 0 Å². The Kier molecular flexibility index (Phi) is 4.49. The topological polar surface area (TPSA) is 98.8 Å². The third-order valence-corrected chi connectivity index (χ3v) is 3.68. The average molecular weight is 294 g/mol. The second-order valence-corrected chi connectivity index (χ2v) is 5.22.